The van der Waals surface area contributed by atoms with E-state index < -0.39 is 6.10 Å². The molecule has 0 saturated carbocycles. The standard InChI is InChI=1S/C12H18N2O4S/c1-18-11-3-2-8(12(13)14-17)4-9(11)6-19-7-10(16)5-15/h2-4,10,15-17H,5-7H2,1H3,(H2,13,14). The second-order valence-electron chi connectivity index (χ2n) is 3.86. The van der Waals surface area contributed by atoms with E-state index in [-0.39, 0.29) is 12.4 Å². The molecule has 0 aromatic heterocycles. The molecule has 7 heteroatoms. The molecule has 0 bridgehead atoms. The topological polar surface area (TPSA) is 108 Å². The molecular formula is C12H18N2O4S. The summed E-state index contributed by atoms with van der Waals surface area (Å²) in [7, 11) is 1.56. The Morgan fingerprint density at radius 2 is 2.26 bits per heavy atom. The number of nitrogens with zero attached hydrogens (tertiary/aromatic N) is 1. The molecule has 0 spiro atoms. The van der Waals surface area contributed by atoms with Crippen molar-refractivity contribution in [3.63, 3.8) is 0 Å². The van der Waals surface area contributed by atoms with Gasteiger partial charge in [-0.05, 0) is 18.2 Å². The minimum absolute atomic E-state index is 0.0318. The van der Waals surface area contributed by atoms with Crippen LogP contribution in [0.15, 0.2) is 23.4 Å². The number of hydrogen-bond donors (Lipinski definition) is 4. The molecule has 1 aromatic carbocycles. The highest BCUT2D eigenvalue weighted by molar-refractivity contribution is 7.98. The van der Waals surface area contributed by atoms with Gasteiger partial charge in [0.25, 0.3) is 0 Å². The normalized spacial score (nSPS) is 13.3. The number of rotatable bonds is 7. The summed E-state index contributed by atoms with van der Waals surface area (Å²) >= 11 is 1.46. The third-order valence-electron chi connectivity index (χ3n) is 2.46. The Kier molecular flexibility index (Phi) is 6.48. The first-order chi connectivity index (χ1) is 9.12. The molecule has 5 N–H and O–H groups in total. The summed E-state index contributed by atoms with van der Waals surface area (Å²) in [6, 6.07) is 5.21. The zero-order valence-corrected chi connectivity index (χ0v) is 11.4. The van der Waals surface area contributed by atoms with Crippen molar-refractivity contribution in [2.75, 3.05) is 19.5 Å². The second-order valence-corrected chi connectivity index (χ2v) is 4.89. The Hall–Kier alpha value is -1.44. The van der Waals surface area contributed by atoms with Gasteiger partial charge in [0.1, 0.15) is 5.75 Å². The molecule has 106 valence electrons. The monoisotopic (exact) mass is 286 g/mol. The molecule has 1 aromatic rings. The van der Waals surface area contributed by atoms with E-state index in [0.29, 0.717) is 22.8 Å². The summed E-state index contributed by atoms with van der Waals surface area (Å²) in [5.74, 6) is 1.74. The molecule has 1 unspecified atom stereocenters. The lowest BCUT2D eigenvalue weighted by atomic mass is 10.1. The van der Waals surface area contributed by atoms with Gasteiger partial charge in [-0.25, -0.2) is 0 Å². The number of hydrogen-bond acceptors (Lipinski definition) is 6. The Morgan fingerprint density at radius 3 is 2.84 bits per heavy atom. The highest BCUT2D eigenvalue weighted by Crippen LogP contribution is 2.24. The number of nitrogens with two attached hydrogens (primary N) is 1. The number of amidine groups is 1. The molecule has 0 fully saturated rings. The van der Waals surface area contributed by atoms with Crippen LogP contribution < -0.4 is 10.5 Å². The van der Waals surface area contributed by atoms with Crippen molar-refractivity contribution >= 4 is 17.6 Å². The average molecular weight is 286 g/mol. The van der Waals surface area contributed by atoms with Crippen LogP contribution in [0.4, 0.5) is 0 Å². The Morgan fingerprint density at radius 1 is 1.53 bits per heavy atom. The van der Waals surface area contributed by atoms with Crippen molar-refractivity contribution < 1.29 is 20.2 Å². The maximum absolute atomic E-state index is 9.27. The van der Waals surface area contributed by atoms with Crippen LogP contribution in [-0.4, -0.2) is 46.8 Å². The zero-order valence-electron chi connectivity index (χ0n) is 10.6. The lowest BCUT2D eigenvalue weighted by Crippen LogP contribution is -2.15. The van der Waals surface area contributed by atoms with Crippen molar-refractivity contribution in [3.8, 4) is 5.75 Å². The van der Waals surface area contributed by atoms with Gasteiger partial charge in [-0.2, -0.15) is 11.8 Å². The number of benzene rings is 1. The summed E-state index contributed by atoms with van der Waals surface area (Å²) in [5.41, 5.74) is 7.01. The molecule has 0 heterocycles. The summed E-state index contributed by atoms with van der Waals surface area (Å²) in [5, 5.41) is 29.6. The van der Waals surface area contributed by atoms with Gasteiger partial charge in [-0.3, -0.25) is 0 Å². The summed E-state index contributed by atoms with van der Waals surface area (Å²) < 4.78 is 5.23. The summed E-state index contributed by atoms with van der Waals surface area (Å²) in [6.07, 6.45) is -0.733. The molecule has 1 atom stereocenters. The van der Waals surface area contributed by atoms with Crippen LogP contribution in [0.1, 0.15) is 11.1 Å². The largest absolute Gasteiger partial charge is 0.496 e. The van der Waals surface area contributed by atoms with E-state index in [4.69, 9.17) is 20.8 Å². The zero-order chi connectivity index (χ0) is 14.3. The van der Waals surface area contributed by atoms with Gasteiger partial charge in [0, 0.05) is 22.6 Å². The van der Waals surface area contributed by atoms with E-state index in [9.17, 15) is 5.11 Å². The first kappa shape index (κ1) is 15.6. The number of thioether (sulfide) groups is 1. The van der Waals surface area contributed by atoms with Crippen LogP contribution in [0.5, 0.6) is 5.75 Å². The fraction of sp³-hybridized carbons (Fsp3) is 0.417. The van der Waals surface area contributed by atoms with Crippen LogP contribution in [0.3, 0.4) is 0 Å². The molecule has 0 aliphatic rings. The van der Waals surface area contributed by atoms with Gasteiger partial charge in [0.05, 0.1) is 19.8 Å². The van der Waals surface area contributed by atoms with E-state index in [1.165, 1.54) is 11.8 Å². The van der Waals surface area contributed by atoms with Crippen LogP contribution in [0.2, 0.25) is 0 Å². The highest BCUT2D eigenvalue weighted by atomic mass is 32.2. The van der Waals surface area contributed by atoms with Crippen LogP contribution in [0, 0.1) is 0 Å². The molecule has 1 rings (SSSR count). The molecule has 19 heavy (non-hydrogen) atoms. The second kappa shape index (κ2) is 7.88. The molecule has 0 saturated heterocycles. The van der Waals surface area contributed by atoms with Crippen LogP contribution in [-0.2, 0) is 5.75 Å². The number of aliphatic hydroxyl groups is 2. The molecule has 0 radical (unpaired) electrons. The SMILES string of the molecule is COc1ccc(/C(N)=N/O)cc1CSCC(O)CO. The Labute approximate surface area is 115 Å². The lowest BCUT2D eigenvalue weighted by molar-refractivity contribution is 0.113. The van der Waals surface area contributed by atoms with Gasteiger partial charge in [0.15, 0.2) is 5.84 Å². The number of ether oxygens (including phenoxy) is 1. The fourth-order valence-corrected chi connectivity index (χ4v) is 2.41. The van der Waals surface area contributed by atoms with Crippen molar-refractivity contribution in [1.82, 2.24) is 0 Å². The summed E-state index contributed by atoms with van der Waals surface area (Å²) in [6.45, 7) is -0.256. The molecule has 0 aliphatic carbocycles. The van der Waals surface area contributed by atoms with E-state index in [2.05, 4.69) is 5.16 Å². The highest BCUT2D eigenvalue weighted by Gasteiger charge is 2.09. The van der Waals surface area contributed by atoms with E-state index in [1.807, 2.05) is 0 Å². The minimum atomic E-state index is -0.733. The van der Waals surface area contributed by atoms with Gasteiger partial charge < -0.3 is 25.9 Å². The van der Waals surface area contributed by atoms with Crippen molar-refractivity contribution in [3.05, 3.63) is 29.3 Å². The average Bonchev–Trinajstić information content (AvgIpc) is 2.45. The van der Waals surface area contributed by atoms with Crippen LogP contribution >= 0.6 is 11.8 Å². The van der Waals surface area contributed by atoms with Gasteiger partial charge in [0.2, 0.25) is 0 Å². The van der Waals surface area contributed by atoms with Crippen LogP contribution in [0.25, 0.3) is 0 Å². The molecule has 0 amide bonds. The minimum Gasteiger partial charge on any atom is -0.496 e. The molecule has 6 nitrogen and oxygen atoms in total. The third-order valence-corrected chi connectivity index (χ3v) is 3.60. The third kappa shape index (κ3) is 4.62. The summed E-state index contributed by atoms with van der Waals surface area (Å²) in [4.78, 5) is 0. The van der Waals surface area contributed by atoms with Gasteiger partial charge >= 0.3 is 0 Å². The van der Waals surface area contributed by atoms with Gasteiger partial charge in [-0.15, -0.1) is 0 Å². The first-order valence-electron chi connectivity index (χ1n) is 5.63. The maximum atomic E-state index is 9.27. The van der Waals surface area contributed by atoms with Crippen molar-refractivity contribution in [2.45, 2.75) is 11.9 Å². The van der Waals surface area contributed by atoms with Crippen molar-refractivity contribution in [1.29, 1.82) is 0 Å². The molecular weight excluding hydrogens is 268 g/mol. The van der Waals surface area contributed by atoms with E-state index in [0.717, 1.165) is 5.56 Å². The first-order valence-corrected chi connectivity index (χ1v) is 6.79. The lowest BCUT2D eigenvalue weighted by Gasteiger charge is -2.11. The Balaban J connectivity index is 2.79. The Bertz CT molecular complexity index is 440. The van der Waals surface area contributed by atoms with E-state index in [1.54, 1.807) is 25.3 Å². The molecule has 0 aliphatic heterocycles. The number of aliphatic hydroxyl groups excluding tert-OH is 2. The number of methoxy groups -OCH3 is 1. The quantitative estimate of drug-likeness (QED) is 0.250. The van der Waals surface area contributed by atoms with Gasteiger partial charge in [-0.1, -0.05) is 5.16 Å². The van der Waals surface area contributed by atoms with E-state index >= 15 is 0 Å². The number of oxime groups is 1. The maximum Gasteiger partial charge on any atom is 0.170 e. The smallest absolute Gasteiger partial charge is 0.170 e. The van der Waals surface area contributed by atoms with Crippen molar-refractivity contribution in [2.24, 2.45) is 10.9 Å². The predicted molar refractivity (Wildman–Crippen MR) is 74.8 cm³/mol. The fourth-order valence-electron chi connectivity index (χ4n) is 1.47. The predicted octanol–water partition coefficient (Wildman–Crippen LogP) is 0.376.